The van der Waals surface area contributed by atoms with Crippen molar-refractivity contribution in [1.29, 1.82) is 0 Å². The lowest BCUT2D eigenvalue weighted by atomic mass is 9.92. The highest BCUT2D eigenvalue weighted by Gasteiger charge is 2.43. The Hall–Kier alpha value is -2.27. The summed E-state index contributed by atoms with van der Waals surface area (Å²) in [7, 11) is 1.54. The van der Waals surface area contributed by atoms with Crippen molar-refractivity contribution in [3.05, 3.63) is 81.7 Å². The van der Waals surface area contributed by atoms with Gasteiger partial charge >= 0.3 is 5.66 Å². The van der Waals surface area contributed by atoms with Gasteiger partial charge in [0.2, 0.25) is 0 Å². The van der Waals surface area contributed by atoms with Gasteiger partial charge in [0.15, 0.2) is 0 Å². The summed E-state index contributed by atoms with van der Waals surface area (Å²) in [5.74, 6) is -0.415. The molecule has 0 aliphatic carbocycles. The van der Waals surface area contributed by atoms with Gasteiger partial charge < -0.3 is 0 Å². The Bertz CT molecular complexity index is 587. The van der Waals surface area contributed by atoms with Crippen LogP contribution in [0, 0.1) is 15.9 Å². The minimum atomic E-state index is -1.46. The number of likely N-dealkylation sites (N-methyl/N-ethyl adjacent to an activating group) is 1. The Morgan fingerprint density at radius 1 is 1.15 bits per heavy atom. The second-order valence-corrected chi connectivity index (χ2v) is 4.54. The van der Waals surface area contributed by atoms with Crippen LogP contribution in [0.15, 0.2) is 54.6 Å². The van der Waals surface area contributed by atoms with Crippen molar-refractivity contribution in [3.63, 3.8) is 0 Å². The first-order valence-corrected chi connectivity index (χ1v) is 6.22. The Kier molecular flexibility index (Phi) is 4.10. The maximum atomic E-state index is 13.0. The van der Waals surface area contributed by atoms with Gasteiger partial charge in [0.25, 0.3) is 0 Å². The van der Waals surface area contributed by atoms with Gasteiger partial charge in [0, 0.05) is 10.5 Å². The van der Waals surface area contributed by atoms with Gasteiger partial charge in [-0.3, -0.25) is 15.4 Å². The van der Waals surface area contributed by atoms with Crippen molar-refractivity contribution in [2.45, 2.75) is 12.1 Å². The van der Waals surface area contributed by atoms with E-state index in [1.165, 1.54) is 31.3 Å². The molecule has 0 heterocycles. The number of rotatable bonds is 5. The third-order valence-electron chi connectivity index (χ3n) is 3.35. The first kappa shape index (κ1) is 14.1. The van der Waals surface area contributed by atoms with Crippen LogP contribution in [-0.2, 0) is 12.1 Å². The monoisotopic (exact) mass is 274 g/mol. The summed E-state index contributed by atoms with van der Waals surface area (Å²) in [6, 6.07) is 14.5. The third kappa shape index (κ3) is 2.67. The molecule has 0 radical (unpaired) electrons. The van der Waals surface area contributed by atoms with Gasteiger partial charge in [-0.05, 0) is 36.9 Å². The van der Waals surface area contributed by atoms with Gasteiger partial charge in [-0.1, -0.05) is 30.3 Å². The lowest BCUT2D eigenvalue weighted by Crippen LogP contribution is -2.49. The molecule has 5 heteroatoms. The number of nitro groups is 1. The zero-order valence-electron chi connectivity index (χ0n) is 11.0. The lowest BCUT2D eigenvalue weighted by molar-refractivity contribution is -0.587. The molecule has 0 aromatic heterocycles. The average molecular weight is 274 g/mol. The van der Waals surface area contributed by atoms with Gasteiger partial charge in [-0.2, -0.15) is 0 Å². The Balaban J connectivity index is 2.45. The molecule has 0 aliphatic heterocycles. The molecule has 0 saturated carbocycles. The lowest BCUT2D eigenvalue weighted by Gasteiger charge is -2.25. The van der Waals surface area contributed by atoms with E-state index in [1.807, 2.05) is 30.3 Å². The fourth-order valence-corrected chi connectivity index (χ4v) is 2.21. The van der Waals surface area contributed by atoms with E-state index in [-0.39, 0.29) is 11.3 Å². The minimum absolute atomic E-state index is 0.184. The Morgan fingerprint density at radius 2 is 1.75 bits per heavy atom. The molecule has 0 aliphatic rings. The van der Waals surface area contributed by atoms with Gasteiger partial charge in [0.1, 0.15) is 5.82 Å². The summed E-state index contributed by atoms with van der Waals surface area (Å²) >= 11 is 0. The summed E-state index contributed by atoms with van der Waals surface area (Å²) in [6.45, 7) is 0. The Labute approximate surface area is 116 Å². The predicted octanol–water partition coefficient (Wildman–Crippen LogP) is 2.72. The molecule has 104 valence electrons. The number of benzene rings is 2. The molecule has 2 aromatic carbocycles. The molecule has 0 bridgehead atoms. The highest BCUT2D eigenvalue weighted by Crippen LogP contribution is 2.26. The van der Waals surface area contributed by atoms with E-state index in [2.05, 4.69) is 5.32 Å². The maximum Gasteiger partial charge on any atom is 0.304 e. The van der Waals surface area contributed by atoms with Gasteiger partial charge in [-0.25, -0.2) is 4.39 Å². The molecule has 1 N–H and O–H groups in total. The first-order chi connectivity index (χ1) is 9.58. The highest BCUT2D eigenvalue weighted by molar-refractivity contribution is 5.26. The summed E-state index contributed by atoms with van der Waals surface area (Å²) in [5, 5.41) is 14.4. The predicted molar refractivity (Wildman–Crippen MR) is 74.3 cm³/mol. The summed E-state index contributed by atoms with van der Waals surface area (Å²) in [6.07, 6.45) is 0.184. The van der Waals surface area contributed by atoms with E-state index in [9.17, 15) is 14.5 Å². The quantitative estimate of drug-likeness (QED) is 0.518. The van der Waals surface area contributed by atoms with Crippen LogP contribution in [0.5, 0.6) is 0 Å². The second kappa shape index (κ2) is 5.79. The van der Waals surface area contributed by atoms with E-state index in [0.29, 0.717) is 5.56 Å². The van der Waals surface area contributed by atoms with Crippen LogP contribution in [-0.4, -0.2) is 12.0 Å². The fourth-order valence-electron chi connectivity index (χ4n) is 2.21. The Morgan fingerprint density at radius 3 is 2.25 bits per heavy atom. The molecule has 2 aromatic rings. The van der Waals surface area contributed by atoms with E-state index in [1.54, 1.807) is 0 Å². The van der Waals surface area contributed by atoms with Crippen molar-refractivity contribution in [2.24, 2.45) is 0 Å². The number of hydrogen-bond acceptors (Lipinski definition) is 3. The van der Waals surface area contributed by atoms with Crippen LogP contribution in [0.1, 0.15) is 11.1 Å². The number of nitrogens with zero attached hydrogens (tertiary/aromatic N) is 1. The van der Waals surface area contributed by atoms with E-state index >= 15 is 0 Å². The van der Waals surface area contributed by atoms with Crippen LogP contribution in [0.3, 0.4) is 0 Å². The van der Waals surface area contributed by atoms with Crippen molar-refractivity contribution in [2.75, 3.05) is 7.05 Å². The maximum absolute atomic E-state index is 13.0. The van der Waals surface area contributed by atoms with Crippen molar-refractivity contribution < 1.29 is 9.31 Å². The molecule has 0 saturated heterocycles. The third-order valence-corrected chi connectivity index (χ3v) is 3.35. The average Bonchev–Trinajstić information content (AvgIpc) is 2.46. The summed E-state index contributed by atoms with van der Waals surface area (Å²) in [4.78, 5) is 11.2. The van der Waals surface area contributed by atoms with Crippen LogP contribution in [0.4, 0.5) is 4.39 Å². The van der Waals surface area contributed by atoms with Crippen LogP contribution in [0.25, 0.3) is 0 Å². The number of hydrogen-bond donors (Lipinski definition) is 1. The molecular formula is C15H15FN2O2. The molecule has 20 heavy (non-hydrogen) atoms. The molecule has 4 nitrogen and oxygen atoms in total. The fraction of sp³-hybridized carbons (Fsp3) is 0.200. The van der Waals surface area contributed by atoms with E-state index in [4.69, 9.17) is 0 Å². The molecule has 2 rings (SSSR count). The first-order valence-electron chi connectivity index (χ1n) is 6.22. The number of halogens is 1. The largest absolute Gasteiger partial charge is 0.304 e. The molecule has 0 spiro atoms. The van der Waals surface area contributed by atoms with Crippen LogP contribution < -0.4 is 5.32 Å². The number of nitrogens with one attached hydrogen (secondary N) is 1. The zero-order valence-corrected chi connectivity index (χ0v) is 11.0. The van der Waals surface area contributed by atoms with Gasteiger partial charge in [0.05, 0.1) is 6.42 Å². The van der Waals surface area contributed by atoms with E-state index < -0.39 is 11.5 Å². The van der Waals surface area contributed by atoms with Gasteiger partial charge in [-0.15, -0.1) is 0 Å². The summed E-state index contributed by atoms with van der Waals surface area (Å²) in [5.41, 5.74) is -0.201. The molecule has 0 fully saturated rings. The zero-order chi connectivity index (χ0) is 14.6. The topological polar surface area (TPSA) is 55.2 Å². The molecule has 1 unspecified atom stereocenters. The van der Waals surface area contributed by atoms with Crippen LogP contribution in [0.2, 0.25) is 0 Å². The van der Waals surface area contributed by atoms with Crippen molar-refractivity contribution >= 4 is 0 Å². The smallest absolute Gasteiger partial charge is 0.262 e. The second-order valence-electron chi connectivity index (χ2n) is 4.54. The SMILES string of the molecule is CNC(Cc1ccccc1)(c1ccc(F)cc1)[N+](=O)[O-]. The van der Waals surface area contributed by atoms with Crippen LogP contribution >= 0.6 is 0 Å². The standard InChI is InChI=1S/C15H15FN2O2/c1-17-15(18(19)20,11-12-5-3-2-4-6-12)13-7-9-14(16)10-8-13/h2-10,17H,11H2,1H3. The minimum Gasteiger partial charge on any atom is -0.262 e. The van der Waals surface area contributed by atoms with Crippen molar-refractivity contribution in [3.8, 4) is 0 Å². The molecule has 0 amide bonds. The van der Waals surface area contributed by atoms with E-state index in [0.717, 1.165) is 5.56 Å². The highest BCUT2D eigenvalue weighted by atomic mass is 19.1. The normalized spacial score (nSPS) is 13.7. The summed E-state index contributed by atoms with van der Waals surface area (Å²) < 4.78 is 13.0. The molecular weight excluding hydrogens is 259 g/mol. The molecule has 1 atom stereocenters. The van der Waals surface area contributed by atoms with Crippen molar-refractivity contribution in [1.82, 2.24) is 5.32 Å².